The predicted octanol–water partition coefficient (Wildman–Crippen LogP) is 5.68. The van der Waals surface area contributed by atoms with Crippen LogP contribution in [-0.4, -0.2) is 5.78 Å². The van der Waals surface area contributed by atoms with Crippen molar-refractivity contribution in [2.24, 2.45) is 39.9 Å². The molecule has 0 aromatic heterocycles. The van der Waals surface area contributed by atoms with Crippen LogP contribution < -0.4 is 0 Å². The van der Waals surface area contributed by atoms with Gasteiger partial charge < -0.3 is 0 Å². The Morgan fingerprint density at radius 3 is 2.56 bits per heavy atom. The Bertz CT molecular complexity index is 672. The van der Waals surface area contributed by atoms with Gasteiger partial charge in [0, 0.05) is 6.42 Å². The third kappa shape index (κ3) is 2.11. The van der Waals surface area contributed by atoms with Crippen molar-refractivity contribution in [2.45, 2.75) is 79.1 Å². The van der Waals surface area contributed by atoms with Gasteiger partial charge in [0.1, 0.15) is 0 Å². The van der Waals surface area contributed by atoms with Gasteiger partial charge in [-0.15, -0.1) is 0 Å². The summed E-state index contributed by atoms with van der Waals surface area (Å²) in [6.07, 6.45) is 11.0. The predicted molar refractivity (Wildman–Crippen MR) is 99.6 cm³/mol. The second-order valence-electron chi connectivity index (χ2n) is 10.1. The molecule has 0 amide bonds. The highest BCUT2D eigenvalue weighted by molar-refractivity contribution is 5.91. The summed E-state index contributed by atoms with van der Waals surface area (Å²) < 4.78 is 0. The zero-order valence-electron chi connectivity index (χ0n) is 16.4. The van der Waals surface area contributed by atoms with Gasteiger partial charge in [-0.05, 0) is 92.4 Å². The number of allylic oxidation sites excluding steroid dienone is 1. The average Bonchev–Trinajstić information content (AvgIpc) is 2.87. The van der Waals surface area contributed by atoms with Gasteiger partial charge in [-0.2, -0.15) is 5.26 Å². The molecule has 4 aliphatic carbocycles. The molecule has 0 N–H and O–H groups in total. The number of rotatable bonds is 1. The fourth-order valence-corrected chi connectivity index (χ4v) is 7.62. The molecule has 0 bridgehead atoms. The fraction of sp³-hybridized carbons (Fsp3) is 0.826. The van der Waals surface area contributed by atoms with Crippen molar-refractivity contribution in [1.29, 1.82) is 5.26 Å². The van der Waals surface area contributed by atoms with E-state index in [1.807, 2.05) is 6.08 Å². The molecule has 3 fully saturated rings. The van der Waals surface area contributed by atoms with Crippen LogP contribution in [0.25, 0.3) is 0 Å². The molecule has 3 saturated carbocycles. The van der Waals surface area contributed by atoms with Crippen LogP contribution in [-0.2, 0) is 4.79 Å². The zero-order valence-corrected chi connectivity index (χ0v) is 16.4. The Balaban J connectivity index is 1.75. The number of carbonyl (C=O) groups is 1. The lowest BCUT2D eigenvalue weighted by molar-refractivity contribution is -0.118. The first-order chi connectivity index (χ1) is 11.8. The molecule has 4 aliphatic rings. The topological polar surface area (TPSA) is 40.9 Å². The summed E-state index contributed by atoms with van der Waals surface area (Å²) in [5, 5.41) is 9.89. The highest BCUT2D eigenvalue weighted by Crippen LogP contribution is 2.70. The maximum Gasteiger partial charge on any atom is 0.155 e. The van der Waals surface area contributed by atoms with Crippen molar-refractivity contribution in [2.75, 3.05) is 0 Å². The number of carbonyl (C=O) groups excluding carboxylic acids is 1. The van der Waals surface area contributed by atoms with Gasteiger partial charge in [0.25, 0.3) is 0 Å². The molecule has 2 heteroatoms. The molecule has 1 unspecified atom stereocenters. The van der Waals surface area contributed by atoms with Crippen LogP contribution in [0.15, 0.2) is 11.6 Å². The Labute approximate surface area is 153 Å². The molecular weight excluding hydrogens is 306 g/mol. The van der Waals surface area contributed by atoms with Crippen LogP contribution in [0.3, 0.4) is 0 Å². The summed E-state index contributed by atoms with van der Waals surface area (Å²) in [6, 6.07) is 2.72. The fourth-order valence-electron chi connectivity index (χ4n) is 7.62. The van der Waals surface area contributed by atoms with Crippen molar-refractivity contribution >= 4 is 5.78 Å². The number of nitriles is 1. The Morgan fingerprint density at radius 2 is 1.88 bits per heavy atom. The Hall–Kier alpha value is -1.10. The molecule has 25 heavy (non-hydrogen) atoms. The zero-order chi connectivity index (χ0) is 18.0. The monoisotopic (exact) mass is 339 g/mol. The van der Waals surface area contributed by atoms with E-state index < -0.39 is 0 Å². The minimum atomic E-state index is -0.149. The summed E-state index contributed by atoms with van der Waals surface area (Å²) >= 11 is 0. The van der Waals surface area contributed by atoms with Crippen LogP contribution in [0.2, 0.25) is 0 Å². The van der Waals surface area contributed by atoms with Crippen molar-refractivity contribution < 1.29 is 4.79 Å². The Morgan fingerprint density at radius 1 is 1.16 bits per heavy atom. The molecule has 2 nitrogen and oxygen atoms in total. The van der Waals surface area contributed by atoms with Crippen LogP contribution in [0.4, 0.5) is 0 Å². The van der Waals surface area contributed by atoms with Gasteiger partial charge in [0.2, 0.25) is 0 Å². The minimum Gasteiger partial charge on any atom is -0.295 e. The second kappa shape index (κ2) is 5.45. The van der Waals surface area contributed by atoms with Gasteiger partial charge in [-0.1, -0.05) is 26.3 Å². The minimum absolute atomic E-state index is 0.149. The van der Waals surface area contributed by atoms with Gasteiger partial charge in [0.05, 0.1) is 11.5 Å². The van der Waals surface area contributed by atoms with Crippen LogP contribution >= 0.6 is 0 Å². The molecule has 136 valence electrons. The lowest BCUT2D eigenvalue weighted by Gasteiger charge is -2.60. The van der Waals surface area contributed by atoms with Gasteiger partial charge in [-0.3, -0.25) is 4.79 Å². The van der Waals surface area contributed by atoms with E-state index in [0.29, 0.717) is 23.5 Å². The maximum absolute atomic E-state index is 12.1. The summed E-state index contributed by atoms with van der Waals surface area (Å²) in [5.41, 5.74) is 1.75. The highest BCUT2D eigenvalue weighted by Gasteiger charge is 2.63. The van der Waals surface area contributed by atoms with E-state index in [1.54, 1.807) is 0 Å². The van der Waals surface area contributed by atoms with Gasteiger partial charge in [0.15, 0.2) is 5.78 Å². The maximum atomic E-state index is 12.1. The van der Waals surface area contributed by atoms with Gasteiger partial charge >= 0.3 is 0 Å². The summed E-state index contributed by atoms with van der Waals surface area (Å²) in [4.78, 5) is 12.1. The number of nitrogens with zero attached hydrogens (tertiary/aromatic N) is 1. The molecule has 4 rings (SSSR count). The Kier molecular flexibility index (Phi) is 3.77. The second-order valence-corrected chi connectivity index (χ2v) is 10.1. The van der Waals surface area contributed by atoms with E-state index in [9.17, 15) is 10.1 Å². The third-order valence-corrected chi connectivity index (χ3v) is 9.46. The quantitative estimate of drug-likeness (QED) is 0.616. The van der Waals surface area contributed by atoms with Crippen molar-refractivity contribution in [1.82, 2.24) is 0 Å². The first kappa shape index (κ1) is 17.3. The summed E-state index contributed by atoms with van der Waals surface area (Å²) in [6.45, 7) is 9.40. The van der Waals surface area contributed by atoms with E-state index >= 15 is 0 Å². The normalized spacial score (nSPS) is 51.8. The van der Waals surface area contributed by atoms with Crippen molar-refractivity contribution in [3.05, 3.63) is 11.6 Å². The molecule has 0 aliphatic heterocycles. The standard InChI is InChI=1S/C23H33NO/c1-5-15-12-17-18(22(3)10-6-16(25)13-20(15)22)8-11-23(4)19(17)7-9-21(23,2)14-24/h13,15,17-19H,5-12H2,1-4H3/t15?,17-,18+,19+,21-,22-,23+/m1/s1. The van der Waals surface area contributed by atoms with E-state index in [2.05, 4.69) is 33.8 Å². The smallest absolute Gasteiger partial charge is 0.155 e. The van der Waals surface area contributed by atoms with E-state index in [4.69, 9.17) is 0 Å². The van der Waals surface area contributed by atoms with Crippen LogP contribution in [0.1, 0.15) is 79.1 Å². The van der Waals surface area contributed by atoms with E-state index in [1.165, 1.54) is 31.3 Å². The third-order valence-electron chi connectivity index (χ3n) is 9.46. The van der Waals surface area contributed by atoms with Crippen molar-refractivity contribution in [3.63, 3.8) is 0 Å². The number of ketones is 1. The summed E-state index contributed by atoms with van der Waals surface area (Å²) in [7, 11) is 0. The van der Waals surface area contributed by atoms with E-state index in [0.717, 1.165) is 31.6 Å². The molecule has 0 radical (unpaired) electrons. The molecule has 7 atom stereocenters. The molecule has 0 heterocycles. The van der Waals surface area contributed by atoms with Gasteiger partial charge in [-0.25, -0.2) is 0 Å². The molecule has 0 spiro atoms. The molecule has 0 aromatic rings. The number of hydrogen-bond donors (Lipinski definition) is 0. The highest BCUT2D eigenvalue weighted by atomic mass is 16.1. The lowest BCUT2D eigenvalue weighted by atomic mass is 9.44. The average molecular weight is 340 g/mol. The molecule has 0 aromatic carbocycles. The molecular formula is C23H33NO. The number of hydrogen-bond acceptors (Lipinski definition) is 2. The van der Waals surface area contributed by atoms with Crippen molar-refractivity contribution in [3.8, 4) is 6.07 Å². The van der Waals surface area contributed by atoms with Crippen LogP contribution in [0, 0.1) is 51.2 Å². The lowest BCUT2D eigenvalue weighted by Crippen LogP contribution is -2.53. The first-order valence-electron chi connectivity index (χ1n) is 10.5. The van der Waals surface area contributed by atoms with E-state index in [-0.39, 0.29) is 16.2 Å². The number of fused-ring (bicyclic) bond motifs is 5. The summed E-state index contributed by atoms with van der Waals surface area (Å²) in [5.74, 6) is 3.08. The molecule has 0 saturated heterocycles. The largest absolute Gasteiger partial charge is 0.295 e. The first-order valence-corrected chi connectivity index (χ1v) is 10.5. The van der Waals surface area contributed by atoms with Crippen LogP contribution in [0.5, 0.6) is 0 Å². The SMILES string of the molecule is CCC1C[C@@H]2[C@H](CC[C@@]3(C)[C@H]2CC[C@]3(C)C#N)[C@@]2(C)CCC(=O)C=C12.